The van der Waals surface area contributed by atoms with E-state index >= 15 is 0 Å². The highest BCUT2D eigenvalue weighted by Gasteiger charge is 2.36. The van der Waals surface area contributed by atoms with E-state index in [0.717, 1.165) is 32.1 Å². The van der Waals surface area contributed by atoms with E-state index in [-0.39, 0.29) is 18.5 Å². The second-order valence-electron chi connectivity index (χ2n) is 10.1. The van der Waals surface area contributed by atoms with Crippen LogP contribution >= 0.6 is 0 Å². The lowest BCUT2D eigenvalue weighted by Crippen LogP contribution is -2.48. The highest BCUT2D eigenvalue weighted by Crippen LogP contribution is 2.28. The molecule has 2 atom stereocenters. The van der Waals surface area contributed by atoms with Gasteiger partial charge in [0, 0.05) is 12.6 Å². The third-order valence-electron chi connectivity index (χ3n) is 7.25. The van der Waals surface area contributed by atoms with Gasteiger partial charge in [-0.2, -0.15) is 15.0 Å². The molecule has 1 heterocycles. The summed E-state index contributed by atoms with van der Waals surface area (Å²) in [4.78, 5) is 30.9. The summed E-state index contributed by atoms with van der Waals surface area (Å²) in [6.45, 7) is 1.71. The maximum Gasteiger partial charge on any atom is 0.250 e. The highest BCUT2D eigenvalue weighted by molar-refractivity contribution is 5.90. The fraction of sp³-hybridized carbons (Fsp3) is 0.333. The molecule has 39 heavy (non-hydrogen) atoms. The predicted octanol–water partition coefficient (Wildman–Crippen LogP) is 5.49. The number of carbonyl (C=O) groups is 2. The number of hydrogen-bond acceptors (Lipinski definition) is 4. The standard InChI is InChI=1S/C30H31F2N5O2/c1-20(37-34-26-9-5-6-10-27(26)35-37)30(39)36(19-21-11-15-23(31)16-12-21)28(22-13-17-24(32)18-14-22)29(38)33-25-7-3-2-4-8-25/h5-6,9-18,20,25,28H,2-4,7-8,19H2,1H3,(H,33,38)/t20-,28-/m0/s1. The first kappa shape index (κ1) is 26.5. The number of halogens is 2. The van der Waals surface area contributed by atoms with Crippen LogP contribution in [0.15, 0.2) is 72.8 Å². The molecule has 0 spiro atoms. The first-order valence-corrected chi connectivity index (χ1v) is 13.3. The minimum Gasteiger partial charge on any atom is -0.351 e. The zero-order chi connectivity index (χ0) is 27.4. The van der Waals surface area contributed by atoms with Gasteiger partial charge in [0.25, 0.3) is 0 Å². The van der Waals surface area contributed by atoms with E-state index < -0.39 is 29.6 Å². The lowest BCUT2D eigenvalue weighted by atomic mass is 9.94. The molecule has 0 saturated heterocycles. The van der Waals surface area contributed by atoms with E-state index in [0.29, 0.717) is 22.2 Å². The quantitative estimate of drug-likeness (QED) is 0.326. The van der Waals surface area contributed by atoms with Crippen molar-refractivity contribution in [1.82, 2.24) is 25.2 Å². The maximum absolute atomic E-state index is 14.2. The number of hydrogen-bond donors (Lipinski definition) is 1. The number of fused-ring (bicyclic) bond motifs is 1. The van der Waals surface area contributed by atoms with Crippen LogP contribution in [0.25, 0.3) is 11.0 Å². The SMILES string of the molecule is C[C@@H](C(=O)N(Cc1ccc(F)cc1)[C@H](C(=O)NC1CCCCC1)c1ccc(F)cc1)n1nc2ccccc2n1. The summed E-state index contributed by atoms with van der Waals surface area (Å²) in [7, 11) is 0. The number of nitrogens with zero attached hydrogens (tertiary/aromatic N) is 4. The average Bonchev–Trinajstić information content (AvgIpc) is 3.39. The topological polar surface area (TPSA) is 80.1 Å². The molecule has 7 nitrogen and oxygen atoms in total. The number of aromatic nitrogens is 3. The van der Waals surface area contributed by atoms with Crippen LogP contribution in [0.2, 0.25) is 0 Å². The summed E-state index contributed by atoms with van der Waals surface area (Å²) in [6, 6.07) is 16.8. The Balaban J connectivity index is 1.53. The molecule has 1 aromatic heterocycles. The zero-order valence-electron chi connectivity index (χ0n) is 21.8. The minimum atomic E-state index is -1.04. The molecule has 0 radical (unpaired) electrons. The molecule has 4 aromatic rings. The van der Waals surface area contributed by atoms with Crippen molar-refractivity contribution in [1.29, 1.82) is 0 Å². The van der Waals surface area contributed by atoms with Gasteiger partial charge in [0.05, 0.1) is 0 Å². The van der Waals surface area contributed by atoms with Crippen molar-refractivity contribution in [2.24, 2.45) is 0 Å². The Kier molecular flexibility index (Phi) is 7.95. The molecule has 1 fully saturated rings. The third-order valence-corrected chi connectivity index (χ3v) is 7.25. The van der Waals surface area contributed by atoms with Crippen LogP contribution < -0.4 is 5.32 Å². The van der Waals surface area contributed by atoms with Crippen LogP contribution in [-0.2, 0) is 16.1 Å². The van der Waals surface area contributed by atoms with Crippen molar-refractivity contribution in [3.8, 4) is 0 Å². The zero-order valence-corrected chi connectivity index (χ0v) is 21.8. The van der Waals surface area contributed by atoms with Crippen LogP contribution in [0.5, 0.6) is 0 Å². The molecule has 0 unspecified atom stereocenters. The van der Waals surface area contributed by atoms with Gasteiger partial charge >= 0.3 is 0 Å². The smallest absolute Gasteiger partial charge is 0.250 e. The summed E-state index contributed by atoms with van der Waals surface area (Å²) >= 11 is 0. The lowest BCUT2D eigenvalue weighted by Gasteiger charge is -2.34. The Hall–Kier alpha value is -4.14. The number of nitrogens with one attached hydrogen (secondary N) is 1. The summed E-state index contributed by atoms with van der Waals surface area (Å²) < 4.78 is 27.6. The van der Waals surface area contributed by atoms with Gasteiger partial charge in [0.1, 0.15) is 34.8 Å². The average molecular weight is 532 g/mol. The van der Waals surface area contributed by atoms with Gasteiger partial charge in [0.2, 0.25) is 11.8 Å². The molecule has 1 aliphatic rings. The Bertz CT molecular complexity index is 1400. The van der Waals surface area contributed by atoms with E-state index in [4.69, 9.17) is 0 Å². The van der Waals surface area contributed by atoms with Crippen molar-refractivity contribution in [3.05, 3.63) is 95.6 Å². The third kappa shape index (κ3) is 6.13. The molecule has 5 rings (SSSR count). The molecule has 202 valence electrons. The second kappa shape index (κ2) is 11.7. The lowest BCUT2D eigenvalue weighted by molar-refractivity contribution is -0.144. The highest BCUT2D eigenvalue weighted by atomic mass is 19.1. The Morgan fingerprint density at radius 2 is 1.46 bits per heavy atom. The summed E-state index contributed by atoms with van der Waals surface area (Å²) in [5.41, 5.74) is 2.42. The molecule has 1 aliphatic carbocycles. The molecule has 0 aliphatic heterocycles. The predicted molar refractivity (Wildman–Crippen MR) is 143 cm³/mol. The van der Waals surface area contributed by atoms with Crippen molar-refractivity contribution in [2.45, 2.75) is 63.7 Å². The van der Waals surface area contributed by atoms with Crippen LogP contribution in [0, 0.1) is 11.6 Å². The minimum absolute atomic E-state index is 0.00692. The van der Waals surface area contributed by atoms with Gasteiger partial charge < -0.3 is 10.2 Å². The van der Waals surface area contributed by atoms with Crippen LogP contribution in [0.1, 0.15) is 62.2 Å². The molecule has 2 amide bonds. The fourth-order valence-corrected chi connectivity index (χ4v) is 5.12. The maximum atomic E-state index is 14.2. The summed E-state index contributed by atoms with van der Waals surface area (Å²) in [5.74, 6) is -1.58. The molecule has 3 aromatic carbocycles. The fourth-order valence-electron chi connectivity index (χ4n) is 5.12. The molecular formula is C30H31F2N5O2. The van der Waals surface area contributed by atoms with E-state index in [1.807, 2.05) is 24.3 Å². The number of rotatable bonds is 8. The first-order chi connectivity index (χ1) is 18.9. The van der Waals surface area contributed by atoms with Gasteiger partial charge in [0.15, 0.2) is 0 Å². The second-order valence-corrected chi connectivity index (χ2v) is 10.1. The summed E-state index contributed by atoms with van der Waals surface area (Å²) in [5, 5.41) is 12.1. The van der Waals surface area contributed by atoms with Crippen LogP contribution in [0.3, 0.4) is 0 Å². The summed E-state index contributed by atoms with van der Waals surface area (Å²) in [6.07, 6.45) is 4.92. The Labute approximate surface area is 225 Å². The Morgan fingerprint density at radius 1 is 0.897 bits per heavy atom. The normalized spacial score (nSPS) is 15.6. The van der Waals surface area contributed by atoms with E-state index in [1.165, 1.54) is 46.1 Å². The number of amides is 2. The van der Waals surface area contributed by atoms with Crippen molar-refractivity contribution < 1.29 is 18.4 Å². The number of carbonyl (C=O) groups excluding carboxylic acids is 2. The van der Waals surface area contributed by atoms with Gasteiger partial charge in [-0.05, 0) is 67.3 Å². The van der Waals surface area contributed by atoms with E-state index in [2.05, 4.69) is 15.5 Å². The van der Waals surface area contributed by atoms with Gasteiger partial charge in [-0.1, -0.05) is 55.7 Å². The van der Waals surface area contributed by atoms with Crippen molar-refractivity contribution in [2.75, 3.05) is 0 Å². The Morgan fingerprint density at radius 3 is 2.05 bits per heavy atom. The molecular weight excluding hydrogens is 500 g/mol. The largest absolute Gasteiger partial charge is 0.351 e. The van der Waals surface area contributed by atoms with Crippen LogP contribution in [-0.4, -0.2) is 37.7 Å². The van der Waals surface area contributed by atoms with Crippen molar-refractivity contribution >= 4 is 22.8 Å². The van der Waals surface area contributed by atoms with E-state index in [1.54, 1.807) is 19.1 Å². The monoisotopic (exact) mass is 531 g/mol. The van der Waals surface area contributed by atoms with E-state index in [9.17, 15) is 18.4 Å². The van der Waals surface area contributed by atoms with Gasteiger partial charge in [-0.15, -0.1) is 0 Å². The molecule has 1 N–H and O–H groups in total. The van der Waals surface area contributed by atoms with Crippen molar-refractivity contribution in [3.63, 3.8) is 0 Å². The van der Waals surface area contributed by atoms with Gasteiger partial charge in [-0.3, -0.25) is 9.59 Å². The molecule has 1 saturated carbocycles. The first-order valence-electron chi connectivity index (χ1n) is 13.3. The number of benzene rings is 3. The molecule has 0 bridgehead atoms. The van der Waals surface area contributed by atoms with Gasteiger partial charge in [-0.25, -0.2) is 8.78 Å². The molecule has 9 heteroatoms. The van der Waals surface area contributed by atoms with Crippen LogP contribution in [0.4, 0.5) is 8.78 Å².